The van der Waals surface area contributed by atoms with Crippen molar-refractivity contribution in [2.24, 2.45) is 0 Å². The van der Waals surface area contributed by atoms with Gasteiger partial charge in [-0.2, -0.15) is 5.10 Å². The molecule has 1 fully saturated rings. The van der Waals surface area contributed by atoms with Crippen LogP contribution >= 0.6 is 0 Å². The number of ether oxygens (including phenoxy) is 2. The molecule has 1 unspecified atom stereocenters. The largest absolute Gasteiger partial charge is 0.496 e. The van der Waals surface area contributed by atoms with Crippen LogP contribution in [0.1, 0.15) is 16.7 Å². The Labute approximate surface area is 245 Å². The summed E-state index contributed by atoms with van der Waals surface area (Å²) in [7, 11) is 1.71. The maximum Gasteiger partial charge on any atom is 0.414 e. The molecule has 1 atom stereocenters. The van der Waals surface area contributed by atoms with Crippen molar-refractivity contribution in [3.63, 3.8) is 0 Å². The quantitative estimate of drug-likeness (QED) is 0.244. The molecule has 220 valence electrons. The highest BCUT2D eigenvalue weighted by molar-refractivity contribution is 6.27. The molecule has 0 aliphatic carbocycles. The lowest BCUT2D eigenvalue weighted by atomic mass is 10.1. The second-order valence-corrected chi connectivity index (χ2v) is 9.84. The summed E-state index contributed by atoms with van der Waals surface area (Å²) in [6, 6.07) is 29.2. The minimum atomic E-state index is -1.82. The molecule has 1 aliphatic heterocycles. The van der Waals surface area contributed by atoms with Gasteiger partial charge >= 0.3 is 11.9 Å². The van der Waals surface area contributed by atoms with Crippen molar-refractivity contribution in [2.75, 3.05) is 33.4 Å². The number of aromatic nitrogens is 2. The van der Waals surface area contributed by atoms with Gasteiger partial charge in [0.25, 0.3) is 0 Å². The van der Waals surface area contributed by atoms with E-state index in [9.17, 15) is 0 Å². The lowest BCUT2D eigenvalue weighted by Gasteiger charge is -2.33. The summed E-state index contributed by atoms with van der Waals surface area (Å²) in [4.78, 5) is 20.7. The molecule has 5 rings (SSSR count). The van der Waals surface area contributed by atoms with Crippen LogP contribution in [0.5, 0.6) is 5.75 Å². The van der Waals surface area contributed by atoms with E-state index >= 15 is 0 Å². The van der Waals surface area contributed by atoms with E-state index in [0.717, 1.165) is 61.9 Å². The van der Waals surface area contributed by atoms with Gasteiger partial charge in [-0.1, -0.05) is 72.8 Å². The number of nitrogens with one attached hydrogen (secondary N) is 1. The maximum absolute atomic E-state index is 9.10. The number of aliphatic carboxylic acids is 2. The minimum absolute atomic E-state index is 0.163. The first-order valence-electron chi connectivity index (χ1n) is 13.7. The Balaban J connectivity index is 0.000000612. The van der Waals surface area contributed by atoms with Crippen LogP contribution in [0.25, 0.3) is 11.3 Å². The number of carboxylic acid groups (broad SMARTS) is 2. The fraction of sp³-hybridized carbons (Fsp3) is 0.281. The van der Waals surface area contributed by atoms with Crippen molar-refractivity contribution >= 4 is 11.9 Å². The van der Waals surface area contributed by atoms with Crippen molar-refractivity contribution in [2.45, 2.75) is 25.7 Å². The van der Waals surface area contributed by atoms with Crippen LogP contribution in [-0.4, -0.2) is 76.3 Å². The molecule has 1 aromatic heterocycles. The third kappa shape index (κ3) is 9.00. The summed E-state index contributed by atoms with van der Waals surface area (Å²) in [5.74, 6) is -2.82. The van der Waals surface area contributed by atoms with Crippen LogP contribution in [0.15, 0.2) is 91.1 Å². The highest BCUT2D eigenvalue weighted by Gasteiger charge is 2.21. The number of morpholine rings is 1. The number of para-hydroxylation sites is 1. The Morgan fingerprint density at radius 1 is 0.929 bits per heavy atom. The van der Waals surface area contributed by atoms with Gasteiger partial charge in [0, 0.05) is 50.0 Å². The second-order valence-electron chi connectivity index (χ2n) is 9.84. The highest BCUT2D eigenvalue weighted by Crippen LogP contribution is 2.31. The lowest BCUT2D eigenvalue weighted by molar-refractivity contribution is -0.159. The first-order valence-corrected chi connectivity index (χ1v) is 13.7. The van der Waals surface area contributed by atoms with Gasteiger partial charge in [0.05, 0.1) is 26.4 Å². The SMILES string of the molecule is COc1ccccc1-c1nn(Cc2ccccc2)cc1CNCC1CN(Cc2ccccc2)CCO1.O=C(O)C(=O)O. The Hall–Kier alpha value is -4.51. The van der Waals surface area contributed by atoms with Crippen molar-refractivity contribution in [3.05, 3.63) is 108 Å². The first-order chi connectivity index (χ1) is 20.4. The van der Waals surface area contributed by atoms with Crippen molar-refractivity contribution in [1.29, 1.82) is 0 Å². The van der Waals surface area contributed by atoms with Crippen LogP contribution in [0, 0.1) is 0 Å². The highest BCUT2D eigenvalue weighted by atomic mass is 16.5. The molecule has 0 bridgehead atoms. The number of methoxy groups -OCH3 is 1. The van der Waals surface area contributed by atoms with E-state index in [4.69, 9.17) is 34.4 Å². The van der Waals surface area contributed by atoms with Crippen LogP contribution < -0.4 is 10.1 Å². The molecule has 0 amide bonds. The van der Waals surface area contributed by atoms with E-state index in [2.05, 4.69) is 77.1 Å². The van der Waals surface area contributed by atoms with E-state index < -0.39 is 11.9 Å². The van der Waals surface area contributed by atoms with Crippen molar-refractivity contribution in [1.82, 2.24) is 20.0 Å². The zero-order valence-electron chi connectivity index (χ0n) is 23.6. The number of nitrogens with zero attached hydrogens (tertiary/aromatic N) is 3. The number of rotatable bonds is 10. The van der Waals surface area contributed by atoms with Gasteiger partial charge in [0.2, 0.25) is 0 Å². The summed E-state index contributed by atoms with van der Waals surface area (Å²) in [5.41, 5.74) is 5.67. The fourth-order valence-corrected chi connectivity index (χ4v) is 4.77. The third-order valence-electron chi connectivity index (χ3n) is 6.73. The Morgan fingerprint density at radius 2 is 1.55 bits per heavy atom. The molecule has 0 radical (unpaired) electrons. The van der Waals surface area contributed by atoms with Crippen molar-refractivity contribution < 1.29 is 29.3 Å². The van der Waals surface area contributed by atoms with Gasteiger partial charge in [-0.25, -0.2) is 9.59 Å². The predicted octanol–water partition coefficient (Wildman–Crippen LogP) is 3.75. The number of benzene rings is 3. The van der Waals surface area contributed by atoms with Gasteiger partial charge in [-0.05, 0) is 23.3 Å². The normalized spacial score (nSPS) is 14.9. The molecule has 0 spiro atoms. The molecule has 1 aliphatic rings. The van der Waals surface area contributed by atoms with E-state index in [1.54, 1.807) is 7.11 Å². The van der Waals surface area contributed by atoms with Crippen molar-refractivity contribution in [3.8, 4) is 17.0 Å². The summed E-state index contributed by atoms with van der Waals surface area (Å²) < 4.78 is 13.7. The third-order valence-corrected chi connectivity index (χ3v) is 6.73. The van der Waals surface area contributed by atoms with Gasteiger partial charge in [-0.3, -0.25) is 9.58 Å². The molecular formula is C32H36N4O6. The molecule has 0 saturated carbocycles. The summed E-state index contributed by atoms with van der Waals surface area (Å²) in [6.45, 7) is 5.85. The molecule has 10 nitrogen and oxygen atoms in total. The van der Waals surface area contributed by atoms with Crippen LogP contribution in [0.3, 0.4) is 0 Å². The van der Waals surface area contributed by atoms with E-state index in [1.807, 2.05) is 28.9 Å². The topological polar surface area (TPSA) is 126 Å². The number of carboxylic acids is 2. The Bertz CT molecular complexity index is 1420. The van der Waals surface area contributed by atoms with Crippen LogP contribution in [0.2, 0.25) is 0 Å². The molecule has 3 aromatic carbocycles. The summed E-state index contributed by atoms with van der Waals surface area (Å²) >= 11 is 0. The Kier molecular flexibility index (Phi) is 11.2. The number of carbonyl (C=O) groups is 2. The summed E-state index contributed by atoms with van der Waals surface area (Å²) in [6.07, 6.45) is 2.31. The molecule has 3 N–H and O–H groups in total. The zero-order valence-corrected chi connectivity index (χ0v) is 23.6. The van der Waals surface area contributed by atoms with E-state index in [-0.39, 0.29) is 6.10 Å². The average molecular weight is 573 g/mol. The maximum atomic E-state index is 9.10. The number of hydrogen-bond donors (Lipinski definition) is 3. The van der Waals surface area contributed by atoms with Gasteiger partial charge < -0.3 is 25.0 Å². The monoisotopic (exact) mass is 572 g/mol. The second kappa shape index (κ2) is 15.5. The van der Waals surface area contributed by atoms with Crippen LogP contribution in [0.4, 0.5) is 0 Å². The predicted molar refractivity (Wildman–Crippen MR) is 158 cm³/mol. The van der Waals surface area contributed by atoms with E-state index in [1.165, 1.54) is 11.1 Å². The summed E-state index contributed by atoms with van der Waals surface area (Å²) in [5, 5.41) is 23.4. The van der Waals surface area contributed by atoms with E-state index in [0.29, 0.717) is 6.54 Å². The van der Waals surface area contributed by atoms with Crippen LogP contribution in [-0.2, 0) is 34.0 Å². The molecule has 2 heterocycles. The molecule has 4 aromatic rings. The number of hydrogen-bond acceptors (Lipinski definition) is 7. The zero-order chi connectivity index (χ0) is 29.7. The molecule has 10 heteroatoms. The first kappa shape index (κ1) is 30.4. The molecule has 1 saturated heterocycles. The smallest absolute Gasteiger partial charge is 0.414 e. The average Bonchev–Trinajstić information content (AvgIpc) is 3.40. The van der Waals surface area contributed by atoms with Gasteiger partial charge in [0.1, 0.15) is 11.4 Å². The van der Waals surface area contributed by atoms with Gasteiger partial charge in [0.15, 0.2) is 0 Å². The standard InChI is InChI=1S/C30H34N4O2.C2H2O4/c1-35-29-15-9-8-14-28(29)30-26(22-34(32-30)21-25-12-6-3-7-13-25)18-31-19-27-23-33(16-17-36-27)20-24-10-4-2-5-11-24;3-1(4)2(5)6/h2-15,22,27,31H,16-21,23H2,1H3;(H,3,4)(H,5,6). The fourth-order valence-electron chi connectivity index (χ4n) is 4.77. The minimum Gasteiger partial charge on any atom is -0.496 e. The lowest BCUT2D eigenvalue weighted by Crippen LogP contribution is -2.46. The molecular weight excluding hydrogens is 536 g/mol. The molecule has 42 heavy (non-hydrogen) atoms. The van der Waals surface area contributed by atoms with Gasteiger partial charge in [-0.15, -0.1) is 0 Å². The Morgan fingerprint density at radius 3 is 2.19 bits per heavy atom.